The summed E-state index contributed by atoms with van der Waals surface area (Å²) in [5.41, 5.74) is -0.200. The molecule has 5 rings (SSSR count). The predicted octanol–water partition coefficient (Wildman–Crippen LogP) is 6.44. The summed E-state index contributed by atoms with van der Waals surface area (Å²) in [7, 11) is 0. The second kappa shape index (κ2) is 15.6. The molecule has 4 aliphatic rings. The van der Waals surface area contributed by atoms with Gasteiger partial charge in [0.05, 0.1) is 35.6 Å². The molecule has 49 heavy (non-hydrogen) atoms. The van der Waals surface area contributed by atoms with Crippen molar-refractivity contribution in [3.63, 3.8) is 0 Å². The number of ether oxygens (including phenoxy) is 1. The molecule has 1 aromatic rings. The summed E-state index contributed by atoms with van der Waals surface area (Å²) >= 11 is 0. The third kappa shape index (κ3) is 8.07. The highest BCUT2D eigenvalue weighted by Crippen LogP contribution is 2.55. The van der Waals surface area contributed by atoms with E-state index in [2.05, 4.69) is 19.9 Å². The first-order valence-electron chi connectivity index (χ1n) is 18.4. The molecule has 0 heterocycles. The Balaban J connectivity index is 0.000000244. The fraction of sp³-hybridized carbons (Fsp3) is 0.683. The van der Waals surface area contributed by atoms with E-state index < -0.39 is 28.5 Å². The SMILES string of the molecule is CC1=C[C@H](O)[C@H]2C[C@@H](C)CC[C@@H]2[C@@]1(C)C(=O)CCO.Cc1ccc(CC(=O)OCCC(=O)[C@]2(C)[C@H]3CC[C@H](C)C[C@@H]3C=C[C@@]2(C)O)cc1O. The molecule has 0 amide bonds. The quantitative estimate of drug-likeness (QED) is 0.173. The second-order valence-corrected chi connectivity index (χ2v) is 16.2. The molecule has 0 bridgehead atoms. The first kappa shape index (κ1) is 39.0. The summed E-state index contributed by atoms with van der Waals surface area (Å²) in [6, 6.07) is 5.08. The molecule has 0 saturated heterocycles. The first-order chi connectivity index (χ1) is 22.9. The van der Waals surface area contributed by atoms with E-state index in [9.17, 15) is 29.7 Å². The van der Waals surface area contributed by atoms with Crippen molar-refractivity contribution < 1.29 is 39.5 Å². The highest BCUT2D eigenvalue weighted by atomic mass is 16.5. The average Bonchev–Trinajstić information content (AvgIpc) is 3.04. The van der Waals surface area contributed by atoms with Gasteiger partial charge in [-0.05, 0) is 113 Å². The van der Waals surface area contributed by atoms with Crippen molar-refractivity contribution in [2.24, 2.45) is 46.3 Å². The van der Waals surface area contributed by atoms with Crippen LogP contribution in [0.2, 0.25) is 0 Å². The lowest BCUT2D eigenvalue weighted by molar-refractivity contribution is -0.155. The maximum Gasteiger partial charge on any atom is 0.310 e. The molecule has 1 aromatic carbocycles. The molecule has 4 N–H and O–H groups in total. The van der Waals surface area contributed by atoms with Gasteiger partial charge in [-0.3, -0.25) is 14.4 Å². The summed E-state index contributed by atoms with van der Waals surface area (Å²) in [5.74, 6) is 1.86. The summed E-state index contributed by atoms with van der Waals surface area (Å²) < 4.78 is 5.30. The highest BCUT2D eigenvalue weighted by molar-refractivity contribution is 5.88. The van der Waals surface area contributed by atoms with Crippen LogP contribution in [0.1, 0.15) is 104 Å². The zero-order valence-corrected chi connectivity index (χ0v) is 30.7. The van der Waals surface area contributed by atoms with Gasteiger partial charge in [0, 0.05) is 19.4 Å². The topological polar surface area (TPSA) is 141 Å². The molecule has 4 aliphatic carbocycles. The van der Waals surface area contributed by atoms with Crippen molar-refractivity contribution in [3.05, 3.63) is 53.1 Å². The first-order valence-corrected chi connectivity index (χ1v) is 18.4. The maximum atomic E-state index is 13.3. The van der Waals surface area contributed by atoms with Crippen LogP contribution >= 0.6 is 0 Å². The summed E-state index contributed by atoms with van der Waals surface area (Å²) in [5, 5.41) is 40.2. The number of hydrogen-bond acceptors (Lipinski definition) is 8. The number of aromatic hydroxyl groups is 1. The van der Waals surface area contributed by atoms with Gasteiger partial charge in [-0.15, -0.1) is 0 Å². The maximum absolute atomic E-state index is 13.3. The molecule has 0 spiro atoms. The number of rotatable bonds is 9. The minimum atomic E-state index is -1.21. The Morgan fingerprint density at radius 1 is 0.918 bits per heavy atom. The number of esters is 1. The van der Waals surface area contributed by atoms with Crippen LogP contribution in [-0.2, 0) is 25.5 Å². The summed E-state index contributed by atoms with van der Waals surface area (Å²) in [6.45, 7) is 13.7. The van der Waals surface area contributed by atoms with Crippen LogP contribution in [0, 0.1) is 53.3 Å². The molecule has 0 aromatic heterocycles. The van der Waals surface area contributed by atoms with Gasteiger partial charge in [-0.25, -0.2) is 0 Å². The number of carbonyl (C=O) groups excluding carboxylic acids is 3. The summed E-state index contributed by atoms with van der Waals surface area (Å²) in [4.78, 5) is 37.9. The number of allylic oxidation sites excluding steroid dienone is 2. The Bertz CT molecular complexity index is 1430. The third-order valence-corrected chi connectivity index (χ3v) is 12.9. The Labute approximate surface area is 293 Å². The molecule has 8 heteroatoms. The second-order valence-electron chi connectivity index (χ2n) is 16.2. The molecule has 2 saturated carbocycles. The van der Waals surface area contributed by atoms with Gasteiger partial charge < -0.3 is 25.2 Å². The number of ketones is 2. The van der Waals surface area contributed by atoms with Gasteiger partial charge >= 0.3 is 5.97 Å². The largest absolute Gasteiger partial charge is 0.508 e. The van der Waals surface area contributed by atoms with Gasteiger partial charge in [0.25, 0.3) is 0 Å². The predicted molar refractivity (Wildman–Crippen MR) is 190 cm³/mol. The van der Waals surface area contributed by atoms with Crippen LogP contribution in [0.15, 0.2) is 42.0 Å². The zero-order chi connectivity index (χ0) is 36.3. The number of phenols is 1. The number of fused-ring (bicyclic) bond motifs is 2. The van der Waals surface area contributed by atoms with E-state index in [1.807, 2.05) is 26.8 Å². The van der Waals surface area contributed by atoms with E-state index >= 15 is 0 Å². The van der Waals surface area contributed by atoms with Crippen molar-refractivity contribution in [3.8, 4) is 5.75 Å². The fourth-order valence-electron chi connectivity index (χ4n) is 9.36. The standard InChI is InChI=1S/C25H34O5.C16H26O3/c1-16-5-8-20-19(13-16)9-11-24(3,29)25(20,4)22(27)10-12-30-23(28)15-18-7-6-17(2)21(26)14-18;1-10-4-5-13-12(8-10)14(18)9-11(2)16(13,3)15(19)6-7-17/h6-7,9,11,14,16,19-20,26,29H,5,8,10,12-13,15H2,1-4H3;9-10,12-14,17-18H,4-8H2,1-3H3/t16-,19-,20-,24+,25-;10-,12-,13-,14-,16-/m00/s1. The number of carbonyl (C=O) groups is 3. The van der Waals surface area contributed by atoms with Crippen molar-refractivity contribution in [1.29, 1.82) is 0 Å². The van der Waals surface area contributed by atoms with Crippen LogP contribution in [-0.4, -0.2) is 62.9 Å². The van der Waals surface area contributed by atoms with Gasteiger partial charge in [-0.2, -0.15) is 0 Å². The monoisotopic (exact) mass is 680 g/mol. The van der Waals surface area contributed by atoms with E-state index in [1.54, 1.807) is 38.1 Å². The Hall–Kier alpha value is -2.81. The van der Waals surface area contributed by atoms with Crippen LogP contribution in [0.4, 0.5) is 0 Å². The van der Waals surface area contributed by atoms with E-state index in [0.717, 1.165) is 49.7 Å². The lowest BCUT2D eigenvalue weighted by Crippen LogP contribution is -2.57. The number of aryl methyl sites for hydroxylation is 1. The molecule has 8 nitrogen and oxygen atoms in total. The molecule has 10 atom stereocenters. The van der Waals surface area contributed by atoms with Crippen molar-refractivity contribution >= 4 is 17.5 Å². The molecule has 272 valence electrons. The number of Topliss-reactive ketones (excluding diaryl/α,β-unsaturated/α-hetero) is 2. The van der Waals surface area contributed by atoms with Gasteiger partial charge in [0.15, 0.2) is 0 Å². The molecular weight excluding hydrogens is 620 g/mol. The minimum Gasteiger partial charge on any atom is -0.508 e. The molecule has 0 aliphatic heterocycles. The minimum absolute atomic E-state index is 0.00131. The van der Waals surface area contributed by atoms with E-state index in [-0.39, 0.29) is 67.5 Å². The van der Waals surface area contributed by atoms with E-state index in [4.69, 9.17) is 9.84 Å². The lowest BCUT2D eigenvalue weighted by atomic mass is 9.52. The van der Waals surface area contributed by atoms with Crippen LogP contribution in [0.3, 0.4) is 0 Å². The Morgan fingerprint density at radius 2 is 1.57 bits per heavy atom. The lowest BCUT2D eigenvalue weighted by Gasteiger charge is -2.53. The smallest absolute Gasteiger partial charge is 0.310 e. The fourth-order valence-corrected chi connectivity index (χ4v) is 9.36. The number of phenolic OH excluding ortho intramolecular Hbond substituents is 1. The van der Waals surface area contributed by atoms with Crippen LogP contribution in [0.5, 0.6) is 5.75 Å². The third-order valence-electron chi connectivity index (χ3n) is 12.9. The van der Waals surface area contributed by atoms with Crippen molar-refractivity contribution in [2.45, 2.75) is 118 Å². The molecule has 2 fully saturated rings. The summed E-state index contributed by atoms with van der Waals surface area (Å²) in [6.07, 6.45) is 11.8. The van der Waals surface area contributed by atoms with Gasteiger partial charge in [-0.1, -0.05) is 62.6 Å². The molecular formula is C41H60O8. The van der Waals surface area contributed by atoms with E-state index in [1.165, 1.54) is 0 Å². The highest BCUT2D eigenvalue weighted by Gasteiger charge is 2.57. The van der Waals surface area contributed by atoms with Crippen LogP contribution in [0.25, 0.3) is 0 Å². The van der Waals surface area contributed by atoms with Crippen molar-refractivity contribution in [2.75, 3.05) is 13.2 Å². The molecule has 0 unspecified atom stereocenters. The number of aliphatic hydroxyl groups is 3. The Morgan fingerprint density at radius 3 is 2.22 bits per heavy atom. The number of aliphatic hydroxyl groups excluding tert-OH is 2. The zero-order valence-electron chi connectivity index (χ0n) is 30.7. The van der Waals surface area contributed by atoms with Gasteiger partial charge in [0.1, 0.15) is 17.3 Å². The molecule has 0 radical (unpaired) electrons. The number of benzene rings is 1. The Kier molecular flexibility index (Phi) is 12.4. The normalized spacial score (nSPS) is 36.7. The van der Waals surface area contributed by atoms with Crippen molar-refractivity contribution in [1.82, 2.24) is 0 Å². The number of hydrogen-bond donors (Lipinski definition) is 4. The van der Waals surface area contributed by atoms with Crippen LogP contribution < -0.4 is 0 Å². The van der Waals surface area contributed by atoms with E-state index in [0.29, 0.717) is 23.3 Å². The average molecular weight is 681 g/mol. The van der Waals surface area contributed by atoms with Gasteiger partial charge in [0.2, 0.25) is 0 Å².